The number of aromatic nitrogens is 5. The first-order valence-electron chi connectivity index (χ1n) is 14.5. The molecule has 0 saturated carbocycles. The first-order valence-corrected chi connectivity index (χ1v) is 14.9. The standard InChI is InChI=1S/C32H33ClF2N6O3/c1-22(32(42,19-40-21-36-20-37-40)28-9-7-26(34)16-29(28)35)41-18-24-15-27(8-10-30(24)38-41)39(12-11-31-43-13-2-14-44-31)17-23-3-5-25(33)6-4-23/h3-10,15-16,18,20-22,31,42H,2,11-14,17,19H2,1H3/t22-,32-/m1/s1. The number of ether oxygens (including phenoxy) is 2. The maximum Gasteiger partial charge on any atom is 0.159 e. The third kappa shape index (κ3) is 6.61. The van der Waals surface area contributed by atoms with E-state index in [2.05, 4.69) is 15.0 Å². The van der Waals surface area contributed by atoms with Gasteiger partial charge in [-0.15, -0.1) is 0 Å². The lowest BCUT2D eigenvalue weighted by atomic mass is 9.86. The van der Waals surface area contributed by atoms with Crippen molar-refractivity contribution in [1.82, 2.24) is 24.5 Å². The second-order valence-corrected chi connectivity index (χ2v) is 11.5. The van der Waals surface area contributed by atoms with E-state index < -0.39 is 23.3 Å². The van der Waals surface area contributed by atoms with Crippen molar-refractivity contribution in [2.45, 2.75) is 50.8 Å². The van der Waals surface area contributed by atoms with Gasteiger partial charge in [0.2, 0.25) is 0 Å². The minimum atomic E-state index is -1.84. The molecule has 1 aliphatic rings. The lowest BCUT2D eigenvalue weighted by Crippen LogP contribution is -2.40. The van der Waals surface area contributed by atoms with Crippen LogP contribution in [0.2, 0.25) is 5.02 Å². The summed E-state index contributed by atoms with van der Waals surface area (Å²) >= 11 is 6.13. The molecule has 12 heteroatoms. The van der Waals surface area contributed by atoms with Gasteiger partial charge in [0.25, 0.3) is 0 Å². The van der Waals surface area contributed by atoms with Crippen molar-refractivity contribution in [1.29, 1.82) is 0 Å². The molecule has 44 heavy (non-hydrogen) atoms. The zero-order chi connectivity index (χ0) is 30.7. The number of halogens is 3. The summed E-state index contributed by atoms with van der Waals surface area (Å²) in [6.07, 6.45) is 5.93. The topological polar surface area (TPSA) is 90.5 Å². The Hall–Kier alpha value is -3.90. The molecule has 0 spiro atoms. The van der Waals surface area contributed by atoms with Crippen molar-refractivity contribution >= 4 is 28.2 Å². The quantitative estimate of drug-likeness (QED) is 0.197. The highest BCUT2D eigenvalue weighted by molar-refractivity contribution is 6.30. The fraction of sp³-hybridized carbons (Fsp3) is 0.344. The van der Waals surface area contributed by atoms with Gasteiger partial charge in [0, 0.05) is 53.4 Å². The molecule has 0 amide bonds. The Morgan fingerprint density at radius 3 is 2.61 bits per heavy atom. The number of anilines is 1. The summed E-state index contributed by atoms with van der Waals surface area (Å²) in [6, 6.07) is 16.1. The van der Waals surface area contributed by atoms with Crippen LogP contribution in [0.5, 0.6) is 0 Å². The number of benzene rings is 3. The van der Waals surface area contributed by atoms with Crippen molar-refractivity contribution in [3.05, 3.63) is 107 Å². The Morgan fingerprint density at radius 1 is 1.09 bits per heavy atom. The van der Waals surface area contributed by atoms with E-state index >= 15 is 4.39 Å². The summed E-state index contributed by atoms with van der Waals surface area (Å²) < 4.78 is 43.5. The summed E-state index contributed by atoms with van der Waals surface area (Å²) in [5.41, 5.74) is 0.871. The second kappa shape index (κ2) is 13.0. The smallest absolute Gasteiger partial charge is 0.159 e. The lowest BCUT2D eigenvalue weighted by Gasteiger charge is -2.34. The van der Waals surface area contributed by atoms with Gasteiger partial charge in [0.1, 0.15) is 29.9 Å². The molecule has 6 rings (SSSR count). The zero-order valence-corrected chi connectivity index (χ0v) is 24.9. The third-order valence-corrected chi connectivity index (χ3v) is 8.30. The van der Waals surface area contributed by atoms with Crippen molar-refractivity contribution in [3.8, 4) is 0 Å². The first kappa shape index (κ1) is 30.1. The van der Waals surface area contributed by atoms with Crippen LogP contribution in [0.25, 0.3) is 10.9 Å². The van der Waals surface area contributed by atoms with E-state index in [0.29, 0.717) is 43.3 Å². The molecule has 0 aliphatic carbocycles. The van der Waals surface area contributed by atoms with Crippen LogP contribution in [-0.2, 0) is 28.2 Å². The number of aliphatic hydroxyl groups is 1. The van der Waals surface area contributed by atoms with E-state index in [0.717, 1.165) is 35.2 Å². The molecule has 1 aliphatic heterocycles. The highest BCUT2D eigenvalue weighted by Gasteiger charge is 2.41. The van der Waals surface area contributed by atoms with Crippen molar-refractivity contribution < 1.29 is 23.4 Å². The van der Waals surface area contributed by atoms with Gasteiger partial charge in [0.15, 0.2) is 6.29 Å². The second-order valence-electron chi connectivity index (χ2n) is 11.0. The third-order valence-electron chi connectivity index (χ3n) is 8.04. The molecule has 9 nitrogen and oxygen atoms in total. The Balaban J connectivity index is 1.31. The van der Waals surface area contributed by atoms with Crippen LogP contribution < -0.4 is 4.90 Å². The van der Waals surface area contributed by atoms with E-state index in [1.54, 1.807) is 11.6 Å². The highest BCUT2D eigenvalue weighted by atomic mass is 35.5. The number of rotatable bonds is 11. The van der Waals surface area contributed by atoms with Crippen LogP contribution in [0.15, 0.2) is 79.5 Å². The van der Waals surface area contributed by atoms with Gasteiger partial charge in [-0.05, 0) is 55.3 Å². The van der Waals surface area contributed by atoms with Crippen LogP contribution >= 0.6 is 11.6 Å². The number of fused-ring (bicyclic) bond motifs is 1. The molecule has 2 aromatic heterocycles. The number of nitrogens with zero attached hydrogens (tertiary/aromatic N) is 6. The minimum absolute atomic E-state index is 0.0663. The molecule has 0 radical (unpaired) electrons. The molecular formula is C32H33ClF2N6O3. The monoisotopic (exact) mass is 622 g/mol. The Kier molecular flexibility index (Phi) is 8.90. The molecule has 0 unspecified atom stereocenters. The number of hydrogen-bond donors (Lipinski definition) is 1. The lowest BCUT2D eigenvalue weighted by molar-refractivity contribution is -0.179. The summed E-state index contributed by atoms with van der Waals surface area (Å²) in [6.45, 7) is 4.32. The van der Waals surface area contributed by atoms with Crippen LogP contribution in [0, 0.1) is 11.6 Å². The van der Waals surface area contributed by atoms with Gasteiger partial charge in [-0.1, -0.05) is 29.8 Å². The predicted octanol–water partition coefficient (Wildman–Crippen LogP) is 5.87. The average Bonchev–Trinajstić information content (AvgIpc) is 3.69. The minimum Gasteiger partial charge on any atom is -0.381 e. The van der Waals surface area contributed by atoms with Gasteiger partial charge >= 0.3 is 0 Å². The highest BCUT2D eigenvalue weighted by Crippen LogP contribution is 2.37. The predicted molar refractivity (Wildman–Crippen MR) is 162 cm³/mol. The van der Waals surface area contributed by atoms with Crippen molar-refractivity contribution in [2.24, 2.45) is 0 Å². The number of hydrogen-bond acceptors (Lipinski definition) is 7. The normalized spacial score (nSPS) is 16.2. The van der Waals surface area contributed by atoms with Gasteiger partial charge in [0.05, 0.1) is 31.3 Å². The van der Waals surface area contributed by atoms with Crippen LogP contribution in [0.4, 0.5) is 14.5 Å². The van der Waals surface area contributed by atoms with Gasteiger partial charge in [-0.3, -0.25) is 4.68 Å². The molecule has 0 bridgehead atoms. The van der Waals surface area contributed by atoms with Crippen LogP contribution in [-0.4, -0.2) is 55.7 Å². The maximum atomic E-state index is 15.1. The van der Waals surface area contributed by atoms with Crippen molar-refractivity contribution in [3.63, 3.8) is 0 Å². The zero-order valence-electron chi connectivity index (χ0n) is 24.2. The molecular weight excluding hydrogens is 590 g/mol. The summed E-state index contributed by atoms with van der Waals surface area (Å²) in [5, 5.41) is 22.4. The Labute approximate surface area is 258 Å². The summed E-state index contributed by atoms with van der Waals surface area (Å²) in [4.78, 5) is 6.20. The molecule has 3 aromatic carbocycles. The SMILES string of the molecule is C[C@@H](n1cc2cc(N(CCC3OCCCO3)Cc3ccc(Cl)cc3)ccc2n1)[C@](O)(Cn1cncn1)c1ccc(F)cc1F. The van der Waals surface area contributed by atoms with Gasteiger partial charge in [-0.2, -0.15) is 10.2 Å². The van der Waals surface area contributed by atoms with E-state index in [1.807, 2.05) is 48.7 Å². The molecule has 1 N–H and O–H groups in total. The fourth-order valence-corrected chi connectivity index (χ4v) is 5.69. The molecule has 1 saturated heterocycles. The van der Waals surface area contributed by atoms with Crippen molar-refractivity contribution in [2.75, 3.05) is 24.7 Å². The maximum absolute atomic E-state index is 15.1. The average molecular weight is 623 g/mol. The van der Waals surface area contributed by atoms with E-state index in [-0.39, 0.29) is 18.4 Å². The first-order chi connectivity index (χ1) is 21.3. The van der Waals surface area contributed by atoms with E-state index in [1.165, 1.54) is 23.4 Å². The molecule has 3 heterocycles. The van der Waals surface area contributed by atoms with E-state index in [9.17, 15) is 9.50 Å². The van der Waals surface area contributed by atoms with Crippen LogP contribution in [0.1, 0.15) is 36.9 Å². The van der Waals surface area contributed by atoms with E-state index in [4.69, 9.17) is 26.2 Å². The largest absolute Gasteiger partial charge is 0.381 e. The molecule has 2 atom stereocenters. The van der Waals surface area contributed by atoms with Gasteiger partial charge < -0.3 is 19.5 Å². The van der Waals surface area contributed by atoms with Gasteiger partial charge in [-0.25, -0.2) is 18.4 Å². The molecule has 230 valence electrons. The fourth-order valence-electron chi connectivity index (χ4n) is 5.56. The summed E-state index contributed by atoms with van der Waals surface area (Å²) in [5.74, 6) is -1.59. The Bertz CT molecular complexity index is 1690. The molecule has 5 aromatic rings. The van der Waals surface area contributed by atoms with Crippen LogP contribution in [0.3, 0.4) is 0 Å². The molecule has 1 fully saturated rings. The Morgan fingerprint density at radius 2 is 1.89 bits per heavy atom. The summed E-state index contributed by atoms with van der Waals surface area (Å²) in [7, 11) is 0.